The smallest absolute Gasteiger partial charge is 0.353 e. The van der Waals surface area contributed by atoms with Crippen LogP contribution in [0.1, 0.15) is 22.8 Å². The molecule has 8 nitrogen and oxygen atoms in total. The van der Waals surface area contributed by atoms with Gasteiger partial charge in [-0.3, -0.25) is 0 Å². The summed E-state index contributed by atoms with van der Waals surface area (Å²) < 4.78 is 62.8. The van der Waals surface area contributed by atoms with Crippen LogP contribution in [0, 0.1) is 6.92 Å². The number of rotatable bonds is 2. The van der Waals surface area contributed by atoms with Crippen molar-refractivity contribution in [2.24, 2.45) is 0 Å². The van der Waals surface area contributed by atoms with E-state index in [1.165, 1.54) is 6.92 Å². The molecule has 0 N–H and O–H groups in total. The van der Waals surface area contributed by atoms with Crippen LogP contribution < -0.4 is 9.80 Å². The number of alkyl halides is 3. The molecule has 156 valence electrons. The molecule has 4 heterocycles. The van der Waals surface area contributed by atoms with E-state index in [9.17, 15) is 21.6 Å². The lowest BCUT2D eigenvalue weighted by molar-refractivity contribution is -0.141. The zero-order chi connectivity index (χ0) is 20.8. The molecule has 0 spiro atoms. The second-order valence-corrected chi connectivity index (χ2v) is 9.33. The summed E-state index contributed by atoms with van der Waals surface area (Å²) in [4.78, 5) is 11.3. The zero-order valence-corrected chi connectivity index (χ0v) is 16.5. The third-order valence-corrected chi connectivity index (χ3v) is 6.59. The molecule has 2 aliphatic rings. The molecule has 2 aromatic heterocycles. The van der Waals surface area contributed by atoms with Gasteiger partial charge in [0.2, 0.25) is 0 Å². The molecule has 1 fully saturated rings. The van der Waals surface area contributed by atoms with Crippen molar-refractivity contribution >= 4 is 21.5 Å². The first-order valence-electron chi connectivity index (χ1n) is 9.09. The van der Waals surface area contributed by atoms with E-state index in [1.807, 2.05) is 4.90 Å². The van der Waals surface area contributed by atoms with Crippen molar-refractivity contribution in [3.8, 4) is 0 Å². The molecule has 0 aliphatic carbocycles. The maximum Gasteiger partial charge on any atom is 0.433 e. The van der Waals surface area contributed by atoms with Crippen molar-refractivity contribution in [3.05, 3.63) is 34.9 Å². The van der Waals surface area contributed by atoms with E-state index in [0.717, 1.165) is 6.07 Å². The van der Waals surface area contributed by atoms with Gasteiger partial charge in [-0.05, 0) is 18.6 Å². The second kappa shape index (κ2) is 7.08. The van der Waals surface area contributed by atoms with Crippen molar-refractivity contribution in [2.45, 2.75) is 25.3 Å². The first-order chi connectivity index (χ1) is 13.6. The fourth-order valence-electron chi connectivity index (χ4n) is 3.52. The van der Waals surface area contributed by atoms with E-state index in [1.54, 1.807) is 11.0 Å². The predicted octanol–water partition coefficient (Wildman–Crippen LogP) is 1.39. The number of anilines is 2. The lowest BCUT2D eigenvalue weighted by Crippen LogP contribution is -2.47. The number of piperazine rings is 1. The highest BCUT2D eigenvalue weighted by molar-refractivity contribution is 7.90. The van der Waals surface area contributed by atoms with Gasteiger partial charge in [0.05, 0.1) is 17.2 Å². The molecule has 0 bridgehead atoms. The van der Waals surface area contributed by atoms with Crippen LogP contribution in [0.25, 0.3) is 0 Å². The maximum atomic E-state index is 13.0. The molecule has 0 radical (unpaired) electrons. The summed E-state index contributed by atoms with van der Waals surface area (Å²) in [5.74, 6) is 0.942. The standard InChI is InChI=1S/C17H19F3N6O2S/c1-11-21-14(17(18,19)20)9-15(22-11)25-3-5-26(6-4-25)16-8-12-10-29(27,28)7-2-13(12)23-24-16/h8-9H,2-7,10H2,1H3. The molecule has 1 saturated heterocycles. The second-order valence-electron chi connectivity index (χ2n) is 7.15. The van der Waals surface area contributed by atoms with Crippen LogP contribution in [0.5, 0.6) is 0 Å². The molecule has 0 amide bonds. The van der Waals surface area contributed by atoms with E-state index in [2.05, 4.69) is 20.2 Å². The van der Waals surface area contributed by atoms with Crippen molar-refractivity contribution in [1.29, 1.82) is 0 Å². The number of fused-ring (bicyclic) bond motifs is 1. The van der Waals surface area contributed by atoms with Crippen LogP contribution in [-0.4, -0.2) is 60.5 Å². The largest absolute Gasteiger partial charge is 0.433 e. The third kappa shape index (κ3) is 4.26. The van der Waals surface area contributed by atoms with Crippen LogP contribution in [0.15, 0.2) is 12.1 Å². The number of hydrogen-bond donors (Lipinski definition) is 0. The van der Waals surface area contributed by atoms with Gasteiger partial charge in [0.1, 0.15) is 17.3 Å². The van der Waals surface area contributed by atoms with Gasteiger partial charge in [0, 0.05) is 38.7 Å². The monoisotopic (exact) mass is 428 g/mol. The topological polar surface area (TPSA) is 92.2 Å². The summed E-state index contributed by atoms with van der Waals surface area (Å²) in [6.45, 7) is 3.34. The molecule has 2 aromatic rings. The number of aromatic nitrogens is 4. The SMILES string of the molecule is Cc1nc(N2CCN(c3cc4c(nn3)CCS(=O)(=O)C4)CC2)cc(C(F)(F)F)n1. The Labute approximate surface area is 165 Å². The van der Waals surface area contributed by atoms with E-state index in [4.69, 9.17) is 0 Å². The molecule has 0 atom stereocenters. The van der Waals surface area contributed by atoms with Gasteiger partial charge in [0.15, 0.2) is 15.7 Å². The Morgan fingerprint density at radius 3 is 2.28 bits per heavy atom. The average molecular weight is 428 g/mol. The Morgan fingerprint density at radius 1 is 0.966 bits per heavy atom. The summed E-state index contributed by atoms with van der Waals surface area (Å²) in [5.41, 5.74) is 0.424. The normalized spacial score (nSPS) is 19.2. The summed E-state index contributed by atoms with van der Waals surface area (Å²) in [6, 6.07) is 2.72. The van der Waals surface area contributed by atoms with Gasteiger partial charge in [-0.15, -0.1) is 5.10 Å². The molecule has 0 aromatic carbocycles. The van der Waals surface area contributed by atoms with E-state index in [-0.39, 0.29) is 23.1 Å². The minimum atomic E-state index is -4.52. The minimum absolute atomic E-state index is 0.0365. The van der Waals surface area contributed by atoms with Crippen molar-refractivity contribution in [3.63, 3.8) is 0 Å². The van der Waals surface area contributed by atoms with Crippen LogP contribution in [0.4, 0.5) is 24.8 Å². The Bertz CT molecular complexity index is 1040. The summed E-state index contributed by atoms with van der Waals surface area (Å²) in [6.07, 6.45) is -4.16. The quantitative estimate of drug-likeness (QED) is 0.709. The van der Waals surface area contributed by atoms with Gasteiger partial charge >= 0.3 is 6.18 Å². The number of nitrogens with zero attached hydrogens (tertiary/aromatic N) is 6. The van der Waals surface area contributed by atoms with Gasteiger partial charge < -0.3 is 9.80 Å². The van der Waals surface area contributed by atoms with Crippen LogP contribution >= 0.6 is 0 Å². The zero-order valence-electron chi connectivity index (χ0n) is 15.6. The number of halogens is 3. The Morgan fingerprint density at radius 2 is 1.62 bits per heavy atom. The molecule has 0 saturated carbocycles. The molecule has 29 heavy (non-hydrogen) atoms. The Hall–Kier alpha value is -2.50. The Kier molecular flexibility index (Phi) is 4.83. The van der Waals surface area contributed by atoms with E-state index in [0.29, 0.717) is 49.7 Å². The van der Waals surface area contributed by atoms with Crippen LogP contribution in [0.2, 0.25) is 0 Å². The average Bonchev–Trinajstić information content (AvgIpc) is 2.65. The first-order valence-corrected chi connectivity index (χ1v) is 10.9. The van der Waals surface area contributed by atoms with Gasteiger partial charge in [-0.25, -0.2) is 18.4 Å². The van der Waals surface area contributed by atoms with Gasteiger partial charge in [-0.2, -0.15) is 18.3 Å². The predicted molar refractivity (Wildman–Crippen MR) is 99.4 cm³/mol. The third-order valence-electron chi connectivity index (χ3n) is 5.01. The van der Waals surface area contributed by atoms with Gasteiger partial charge in [-0.1, -0.05) is 0 Å². The molecule has 2 aliphatic heterocycles. The lowest BCUT2D eigenvalue weighted by atomic mass is 10.2. The highest BCUT2D eigenvalue weighted by Crippen LogP contribution is 2.30. The van der Waals surface area contributed by atoms with Crippen molar-refractivity contribution < 1.29 is 21.6 Å². The summed E-state index contributed by atoms with van der Waals surface area (Å²) in [5, 5.41) is 8.38. The van der Waals surface area contributed by atoms with E-state index < -0.39 is 21.7 Å². The number of sulfone groups is 1. The summed E-state index contributed by atoms with van der Waals surface area (Å²) >= 11 is 0. The molecule has 12 heteroatoms. The lowest BCUT2D eigenvalue weighted by Gasteiger charge is -2.36. The Balaban J connectivity index is 1.49. The summed E-state index contributed by atoms with van der Waals surface area (Å²) in [7, 11) is -3.11. The highest BCUT2D eigenvalue weighted by atomic mass is 32.2. The number of aryl methyl sites for hydroxylation is 2. The van der Waals surface area contributed by atoms with Crippen LogP contribution in [-0.2, 0) is 28.2 Å². The fraction of sp³-hybridized carbons (Fsp3) is 0.529. The van der Waals surface area contributed by atoms with E-state index >= 15 is 0 Å². The molecular weight excluding hydrogens is 409 g/mol. The molecular formula is C17H19F3N6O2S. The number of hydrogen-bond acceptors (Lipinski definition) is 8. The maximum absolute atomic E-state index is 13.0. The minimum Gasteiger partial charge on any atom is -0.353 e. The highest BCUT2D eigenvalue weighted by Gasteiger charge is 2.34. The molecule has 0 unspecified atom stereocenters. The van der Waals surface area contributed by atoms with Crippen molar-refractivity contribution in [2.75, 3.05) is 41.7 Å². The first kappa shape index (κ1) is 19.8. The molecule has 4 rings (SSSR count). The fourth-order valence-corrected chi connectivity index (χ4v) is 4.89. The van der Waals surface area contributed by atoms with Crippen LogP contribution in [0.3, 0.4) is 0 Å². The van der Waals surface area contributed by atoms with Gasteiger partial charge in [0.25, 0.3) is 0 Å². The van der Waals surface area contributed by atoms with Crippen molar-refractivity contribution in [1.82, 2.24) is 20.2 Å².